The Labute approximate surface area is 188 Å². The number of aromatic nitrogens is 4. The molecule has 0 amide bonds. The van der Waals surface area contributed by atoms with Gasteiger partial charge in [-0.15, -0.1) is 10.2 Å². The van der Waals surface area contributed by atoms with Gasteiger partial charge in [0.1, 0.15) is 11.6 Å². The van der Waals surface area contributed by atoms with Crippen molar-refractivity contribution in [2.75, 3.05) is 12.4 Å². The number of aryl methyl sites for hydroxylation is 1. The van der Waals surface area contributed by atoms with E-state index >= 15 is 0 Å². The van der Waals surface area contributed by atoms with E-state index in [9.17, 15) is 4.79 Å². The first-order valence-electron chi connectivity index (χ1n) is 10.9. The maximum absolute atomic E-state index is 13.1. The van der Waals surface area contributed by atoms with Gasteiger partial charge in [0.05, 0.1) is 12.4 Å². The summed E-state index contributed by atoms with van der Waals surface area (Å²) in [5.41, 5.74) is 3.79. The Hall–Kier alpha value is -2.54. The van der Waals surface area contributed by atoms with Crippen LogP contribution in [-0.2, 0) is 0 Å². The minimum atomic E-state index is 0.117. The van der Waals surface area contributed by atoms with Crippen LogP contribution in [0.15, 0.2) is 35.5 Å². The van der Waals surface area contributed by atoms with Crippen molar-refractivity contribution in [2.45, 2.75) is 64.6 Å². The largest absolute Gasteiger partial charge is 0.494 e. The third-order valence-corrected chi connectivity index (χ3v) is 6.53. The van der Waals surface area contributed by atoms with Crippen LogP contribution in [0.2, 0.25) is 0 Å². The lowest BCUT2D eigenvalue weighted by molar-refractivity contribution is 0.102. The molecule has 1 aromatic carbocycles. The van der Waals surface area contributed by atoms with Gasteiger partial charge >= 0.3 is 0 Å². The van der Waals surface area contributed by atoms with Crippen LogP contribution in [0.3, 0.4) is 0 Å². The fraction of sp³-hybridized carbons (Fsp3) is 0.458. The summed E-state index contributed by atoms with van der Waals surface area (Å²) in [7, 11) is 0. The van der Waals surface area contributed by atoms with Crippen LogP contribution in [0.4, 0.5) is 0 Å². The van der Waals surface area contributed by atoms with Crippen molar-refractivity contribution in [3.63, 3.8) is 0 Å². The van der Waals surface area contributed by atoms with Crippen LogP contribution < -0.4 is 4.74 Å². The summed E-state index contributed by atoms with van der Waals surface area (Å²) in [6.45, 7) is 10.9. The molecule has 164 valence electrons. The molecule has 0 radical (unpaired) electrons. The number of benzene rings is 1. The Morgan fingerprint density at radius 3 is 2.52 bits per heavy atom. The van der Waals surface area contributed by atoms with Crippen LogP contribution in [0, 0.1) is 13.8 Å². The molecule has 0 atom stereocenters. The highest BCUT2D eigenvalue weighted by molar-refractivity contribution is 7.99. The number of hydrogen-bond acceptors (Lipinski definition) is 5. The number of rotatable bonds is 9. The number of hydrogen-bond donors (Lipinski definition) is 0. The van der Waals surface area contributed by atoms with E-state index in [4.69, 9.17) is 4.74 Å². The highest BCUT2D eigenvalue weighted by Gasteiger charge is 2.30. The summed E-state index contributed by atoms with van der Waals surface area (Å²) in [6.07, 6.45) is 2.34. The smallest absolute Gasteiger partial charge is 0.191 e. The van der Waals surface area contributed by atoms with Crippen LogP contribution in [0.1, 0.15) is 73.1 Å². The molecular weight excluding hydrogens is 408 g/mol. The molecule has 2 heterocycles. The van der Waals surface area contributed by atoms with E-state index in [0.29, 0.717) is 24.3 Å². The second-order valence-corrected chi connectivity index (χ2v) is 9.30. The van der Waals surface area contributed by atoms with Crippen LogP contribution in [0.5, 0.6) is 5.75 Å². The fourth-order valence-electron chi connectivity index (χ4n) is 3.96. The molecule has 2 aromatic heterocycles. The van der Waals surface area contributed by atoms with Gasteiger partial charge in [0, 0.05) is 34.6 Å². The number of ether oxygens (including phenoxy) is 1. The van der Waals surface area contributed by atoms with Gasteiger partial charge in [-0.25, -0.2) is 0 Å². The normalized spacial score (nSPS) is 13.7. The highest BCUT2D eigenvalue weighted by Crippen LogP contribution is 2.40. The molecule has 0 N–H and O–H groups in total. The van der Waals surface area contributed by atoms with E-state index in [0.717, 1.165) is 39.4 Å². The van der Waals surface area contributed by atoms with E-state index in [-0.39, 0.29) is 5.78 Å². The van der Waals surface area contributed by atoms with Crippen molar-refractivity contribution >= 4 is 17.5 Å². The lowest BCUT2D eigenvalue weighted by Crippen LogP contribution is -2.08. The molecule has 0 bridgehead atoms. The zero-order valence-electron chi connectivity index (χ0n) is 18.9. The number of ketones is 1. The molecule has 1 saturated carbocycles. The molecule has 31 heavy (non-hydrogen) atoms. The summed E-state index contributed by atoms with van der Waals surface area (Å²) in [5.74, 6) is 2.67. The maximum Gasteiger partial charge on any atom is 0.191 e. The number of Topliss-reactive ketones (excluding diaryl/α,β-unsaturated/α-hetero) is 1. The Kier molecular flexibility index (Phi) is 6.23. The highest BCUT2D eigenvalue weighted by atomic mass is 32.2. The Morgan fingerprint density at radius 2 is 1.90 bits per heavy atom. The van der Waals surface area contributed by atoms with Crippen molar-refractivity contribution in [3.05, 3.63) is 53.1 Å². The van der Waals surface area contributed by atoms with Crippen LogP contribution in [-0.4, -0.2) is 37.5 Å². The second-order valence-electron chi connectivity index (χ2n) is 8.36. The van der Waals surface area contributed by atoms with Gasteiger partial charge in [0.25, 0.3) is 0 Å². The monoisotopic (exact) mass is 438 g/mol. The Bertz CT molecular complexity index is 1080. The number of carbonyl (C=O) groups excluding carboxylic acids is 1. The minimum Gasteiger partial charge on any atom is -0.494 e. The maximum atomic E-state index is 13.1. The van der Waals surface area contributed by atoms with E-state index < -0.39 is 0 Å². The van der Waals surface area contributed by atoms with Crippen molar-refractivity contribution in [1.29, 1.82) is 0 Å². The molecule has 0 saturated heterocycles. The quantitative estimate of drug-likeness (QED) is 0.325. The molecule has 4 rings (SSSR count). The first-order valence-corrected chi connectivity index (χ1v) is 11.9. The zero-order chi connectivity index (χ0) is 22.1. The third-order valence-electron chi connectivity index (χ3n) is 5.59. The predicted octanol–water partition coefficient (Wildman–Crippen LogP) is 5.52. The van der Waals surface area contributed by atoms with Gasteiger partial charge < -0.3 is 13.9 Å². The molecule has 6 nitrogen and oxygen atoms in total. The Balaban J connectivity index is 1.52. The summed E-state index contributed by atoms with van der Waals surface area (Å²) < 4.78 is 9.91. The van der Waals surface area contributed by atoms with Gasteiger partial charge in [-0.2, -0.15) is 0 Å². The summed E-state index contributed by atoms with van der Waals surface area (Å²) in [5, 5.41) is 9.64. The van der Waals surface area contributed by atoms with Gasteiger partial charge in [0.15, 0.2) is 10.9 Å². The lowest BCUT2D eigenvalue weighted by Gasteiger charge is -2.11. The fourth-order valence-corrected chi connectivity index (χ4v) is 4.86. The van der Waals surface area contributed by atoms with E-state index in [1.54, 1.807) is 0 Å². The minimum absolute atomic E-state index is 0.117. The molecule has 1 aliphatic rings. The summed E-state index contributed by atoms with van der Waals surface area (Å²) in [6, 6.07) is 10.5. The van der Waals surface area contributed by atoms with E-state index in [1.807, 2.05) is 51.1 Å². The van der Waals surface area contributed by atoms with Gasteiger partial charge in [0.2, 0.25) is 0 Å². The lowest BCUT2D eigenvalue weighted by atomic mass is 10.2. The number of thioether (sulfide) groups is 1. The average Bonchev–Trinajstić information content (AvgIpc) is 3.42. The molecule has 0 spiro atoms. The molecule has 1 fully saturated rings. The van der Waals surface area contributed by atoms with E-state index in [2.05, 4.69) is 33.2 Å². The van der Waals surface area contributed by atoms with Gasteiger partial charge in [-0.1, -0.05) is 25.6 Å². The first kappa shape index (κ1) is 21.7. The van der Waals surface area contributed by atoms with Crippen molar-refractivity contribution in [3.8, 4) is 11.4 Å². The molecule has 3 aromatic rings. The predicted molar refractivity (Wildman–Crippen MR) is 124 cm³/mol. The van der Waals surface area contributed by atoms with Crippen molar-refractivity contribution in [1.82, 2.24) is 19.3 Å². The standard InChI is InChI=1S/C24H30N4O2S/c1-6-30-20-11-9-18(10-12-20)27-16(4)13-21(17(27)5)22(29)14-31-24-26-25-23(15(2)3)28(24)19-7-8-19/h9-13,15,19H,6-8,14H2,1-5H3. The second kappa shape index (κ2) is 8.91. The zero-order valence-corrected chi connectivity index (χ0v) is 19.7. The van der Waals surface area contributed by atoms with Crippen LogP contribution in [0.25, 0.3) is 5.69 Å². The van der Waals surface area contributed by atoms with Gasteiger partial charge in [-0.3, -0.25) is 4.79 Å². The Morgan fingerprint density at radius 1 is 1.19 bits per heavy atom. The molecular formula is C24H30N4O2S. The molecule has 0 unspecified atom stereocenters. The first-order chi connectivity index (χ1) is 14.9. The number of nitrogens with zero attached hydrogens (tertiary/aromatic N) is 4. The average molecular weight is 439 g/mol. The topological polar surface area (TPSA) is 61.9 Å². The van der Waals surface area contributed by atoms with E-state index in [1.165, 1.54) is 24.6 Å². The summed E-state index contributed by atoms with van der Waals surface area (Å²) in [4.78, 5) is 13.1. The number of carbonyl (C=O) groups is 1. The van der Waals surface area contributed by atoms with Crippen molar-refractivity contribution < 1.29 is 9.53 Å². The van der Waals surface area contributed by atoms with Crippen LogP contribution >= 0.6 is 11.8 Å². The van der Waals surface area contributed by atoms with Gasteiger partial charge in [-0.05, 0) is 63.9 Å². The third kappa shape index (κ3) is 4.42. The molecule has 0 aliphatic heterocycles. The summed E-state index contributed by atoms with van der Waals surface area (Å²) >= 11 is 1.50. The molecule has 7 heteroatoms. The molecule has 1 aliphatic carbocycles. The SMILES string of the molecule is CCOc1ccc(-n2c(C)cc(C(=O)CSc3nnc(C(C)C)n3C3CC3)c2C)cc1. The van der Waals surface area contributed by atoms with Crippen molar-refractivity contribution in [2.24, 2.45) is 0 Å².